The highest BCUT2D eigenvalue weighted by Gasteiger charge is 2.11. The number of pyridine rings is 1. The molecule has 0 amide bonds. The highest BCUT2D eigenvalue weighted by atomic mass is 14.9. The van der Waals surface area contributed by atoms with Crippen LogP contribution in [0.3, 0.4) is 0 Å². The molecular formula is C15H18N2. The second-order valence-electron chi connectivity index (χ2n) is 4.26. The molecule has 2 aromatic rings. The van der Waals surface area contributed by atoms with E-state index in [2.05, 4.69) is 53.6 Å². The van der Waals surface area contributed by atoms with E-state index in [1.165, 1.54) is 16.7 Å². The molecule has 2 nitrogen and oxygen atoms in total. The maximum atomic E-state index is 4.05. The van der Waals surface area contributed by atoms with Crippen LogP contribution >= 0.6 is 0 Å². The van der Waals surface area contributed by atoms with Crippen LogP contribution in [-0.4, -0.2) is 12.0 Å². The SMILES string of the molecule is CNC(Cc1ccncc1)c1ccccc1C. The molecule has 1 atom stereocenters. The molecule has 0 radical (unpaired) electrons. The lowest BCUT2D eigenvalue weighted by Crippen LogP contribution is -2.19. The van der Waals surface area contributed by atoms with Crippen LogP contribution in [-0.2, 0) is 6.42 Å². The average Bonchev–Trinajstić information content (AvgIpc) is 2.38. The lowest BCUT2D eigenvalue weighted by atomic mass is 9.96. The normalized spacial score (nSPS) is 12.4. The van der Waals surface area contributed by atoms with Gasteiger partial charge in [-0.25, -0.2) is 0 Å². The summed E-state index contributed by atoms with van der Waals surface area (Å²) < 4.78 is 0. The molecule has 1 aromatic heterocycles. The topological polar surface area (TPSA) is 24.9 Å². The van der Waals surface area contributed by atoms with E-state index < -0.39 is 0 Å². The number of rotatable bonds is 4. The third-order valence-electron chi connectivity index (χ3n) is 3.10. The molecule has 0 aliphatic carbocycles. The molecule has 0 aliphatic heterocycles. The molecule has 0 spiro atoms. The fourth-order valence-corrected chi connectivity index (χ4v) is 2.10. The Bertz CT molecular complexity index is 465. The van der Waals surface area contributed by atoms with Crippen molar-refractivity contribution in [3.05, 3.63) is 65.5 Å². The third kappa shape index (κ3) is 2.92. The van der Waals surface area contributed by atoms with Gasteiger partial charge in [-0.15, -0.1) is 0 Å². The number of likely N-dealkylation sites (N-methyl/N-ethyl adjacent to an activating group) is 1. The summed E-state index contributed by atoms with van der Waals surface area (Å²) in [6.45, 7) is 2.16. The van der Waals surface area contributed by atoms with Crippen LogP contribution < -0.4 is 5.32 Å². The number of hydrogen-bond acceptors (Lipinski definition) is 2. The number of nitrogens with one attached hydrogen (secondary N) is 1. The number of benzene rings is 1. The summed E-state index contributed by atoms with van der Waals surface area (Å²) in [6, 6.07) is 13.0. The summed E-state index contributed by atoms with van der Waals surface area (Å²) in [4.78, 5) is 4.05. The van der Waals surface area contributed by atoms with Crippen molar-refractivity contribution in [1.82, 2.24) is 10.3 Å². The van der Waals surface area contributed by atoms with Gasteiger partial charge in [0.15, 0.2) is 0 Å². The molecule has 0 saturated carbocycles. The smallest absolute Gasteiger partial charge is 0.0361 e. The molecule has 0 saturated heterocycles. The lowest BCUT2D eigenvalue weighted by molar-refractivity contribution is 0.588. The van der Waals surface area contributed by atoms with Crippen LogP contribution in [0.2, 0.25) is 0 Å². The summed E-state index contributed by atoms with van der Waals surface area (Å²) in [5.41, 5.74) is 4.01. The predicted molar refractivity (Wildman–Crippen MR) is 70.9 cm³/mol. The Labute approximate surface area is 103 Å². The summed E-state index contributed by atoms with van der Waals surface area (Å²) in [5.74, 6) is 0. The minimum Gasteiger partial charge on any atom is -0.313 e. The van der Waals surface area contributed by atoms with Gasteiger partial charge in [0, 0.05) is 18.4 Å². The molecule has 0 fully saturated rings. The average molecular weight is 226 g/mol. The van der Waals surface area contributed by atoms with Crippen LogP contribution in [0.1, 0.15) is 22.7 Å². The van der Waals surface area contributed by atoms with Crippen molar-refractivity contribution in [3.63, 3.8) is 0 Å². The van der Waals surface area contributed by atoms with E-state index in [-0.39, 0.29) is 0 Å². The number of aromatic nitrogens is 1. The Kier molecular flexibility index (Phi) is 3.89. The number of hydrogen-bond donors (Lipinski definition) is 1. The zero-order valence-corrected chi connectivity index (χ0v) is 10.4. The van der Waals surface area contributed by atoms with Crippen molar-refractivity contribution in [1.29, 1.82) is 0 Å². The van der Waals surface area contributed by atoms with Gasteiger partial charge in [0.25, 0.3) is 0 Å². The first-order chi connectivity index (χ1) is 8.31. The molecule has 1 N–H and O–H groups in total. The minimum absolute atomic E-state index is 0.360. The van der Waals surface area contributed by atoms with Crippen LogP contribution in [0.25, 0.3) is 0 Å². The quantitative estimate of drug-likeness (QED) is 0.867. The van der Waals surface area contributed by atoms with Crippen molar-refractivity contribution in [2.45, 2.75) is 19.4 Å². The molecule has 0 bridgehead atoms. The van der Waals surface area contributed by atoms with Gasteiger partial charge >= 0.3 is 0 Å². The molecule has 1 aromatic carbocycles. The maximum absolute atomic E-state index is 4.05. The molecule has 1 heterocycles. The van der Waals surface area contributed by atoms with E-state index in [0.717, 1.165) is 6.42 Å². The van der Waals surface area contributed by atoms with Crippen LogP contribution in [0.5, 0.6) is 0 Å². The van der Waals surface area contributed by atoms with Gasteiger partial charge in [-0.1, -0.05) is 24.3 Å². The highest BCUT2D eigenvalue weighted by molar-refractivity contribution is 5.30. The first-order valence-electron chi connectivity index (χ1n) is 5.93. The Morgan fingerprint density at radius 1 is 1.12 bits per heavy atom. The van der Waals surface area contributed by atoms with Gasteiger partial charge < -0.3 is 5.32 Å². The van der Waals surface area contributed by atoms with Gasteiger partial charge in [0.2, 0.25) is 0 Å². The van der Waals surface area contributed by atoms with E-state index in [9.17, 15) is 0 Å². The van der Waals surface area contributed by atoms with Crippen LogP contribution in [0.4, 0.5) is 0 Å². The predicted octanol–water partition coefficient (Wildman–Crippen LogP) is 2.89. The van der Waals surface area contributed by atoms with Crippen molar-refractivity contribution in [3.8, 4) is 0 Å². The summed E-state index contributed by atoms with van der Waals surface area (Å²) in [6.07, 6.45) is 4.68. The molecule has 17 heavy (non-hydrogen) atoms. The van der Waals surface area contributed by atoms with Crippen molar-refractivity contribution >= 4 is 0 Å². The molecule has 2 rings (SSSR count). The Hall–Kier alpha value is -1.67. The first kappa shape index (κ1) is 11.8. The number of aryl methyl sites for hydroxylation is 1. The van der Waals surface area contributed by atoms with E-state index in [1.54, 1.807) is 0 Å². The van der Waals surface area contributed by atoms with Gasteiger partial charge in [0.05, 0.1) is 0 Å². The van der Waals surface area contributed by atoms with Gasteiger partial charge in [-0.3, -0.25) is 4.98 Å². The Balaban J connectivity index is 2.21. The van der Waals surface area contributed by atoms with Crippen LogP contribution in [0, 0.1) is 6.92 Å². The van der Waals surface area contributed by atoms with Crippen molar-refractivity contribution in [2.75, 3.05) is 7.05 Å². The highest BCUT2D eigenvalue weighted by Crippen LogP contribution is 2.20. The molecule has 88 valence electrons. The third-order valence-corrected chi connectivity index (χ3v) is 3.10. The molecule has 0 aliphatic rings. The second kappa shape index (κ2) is 5.60. The fraction of sp³-hybridized carbons (Fsp3) is 0.267. The first-order valence-corrected chi connectivity index (χ1v) is 5.93. The molecular weight excluding hydrogens is 208 g/mol. The van der Waals surface area contributed by atoms with E-state index in [0.29, 0.717) is 6.04 Å². The Morgan fingerprint density at radius 3 is 2.47 bits per heavy atom. The largest absolute Gasteiger partial charge is 0.313 e. The van der Waals surface area contributed by atoms with E-state index >= 15 is 0 Å². The monoisotopic (exact) mass is 226 g/mol. The molecule has 1 unspecified atom stereocenters. The zero-order valence-electron chi connectivity index (χ0n) is 10.4. The lowest BCUT2D eigenvalue weighted by Gasteiger charge is -2.18. The summed E-state index contributed by atoms with van der Waals surface area (Å²) in [7, 11) is 2.01. The summed E-state index contributed by atoms with van der Waals surface area (Å²) >= 11 is 0. The van der Waals surface area contributed by atoms with Gasteiger partial charge in [-0.05, 0) is 49.2 Å². The maximum Gasteiger partial charge on any atom is 0.0361 e. The van der Waals surface area contributed by atoms with Crippen molar-refractivity contribution < 1.29 is 0 Å². The van der Waals surface area contributed by atoms with E-state index in [1.807, 2.05) is 19.4 Å². The van der Waals surface area contributed by atoms with Crippen LogP contribution in [0.15, 0.2) is 48.8 Å². The fourth-order valence-electron chi connectivity index (χ4n) is 2.10. The minimum atomic E-state index is 0.360. The second-order valence-corrected chi connectivity index (χ2v) is 4.26. The van der Waals surface area contributed by atoms with Gasteiger partial charge in [0.1, 0.15) is 0 Å². The van der Waals surface area contributed by atoms with Gasteiger partial charge in [-0.2, -0.15) is 0 Å². The zero-order chi connectivity index (χ0) is 12.1. The number of nitrogens with zero attached hydrogens (tertiary/aromatic N) is 1. The summed E-state index contributed by atoms with van der Waals surface area (Å²) in [5, 5.41) is 3.39. The standard InChI is InChI=1S/C15H18N2/c1-12-5-3-4-6-14(12)15(16-2)11-13-7-9-17-10-8-13/h3-10,15-16H,11H2,1-2H3. The molecule has 2 heteroatoms. The van der Waals surface area contributed by atoms with Crippen molar-refractivity contribution in [2.24, 2.45) is 0 Å². The Morgan fingerprint density at radius 2 is 1.82 bits per heavy atom. The van der Waals surface area contributed by atoms with E-state index in [4.69, 9.17) is 0 Å².